The van der Waals surface area contributed by atoms with E-state index in [-0.39, 0.29) is 5.56 Å². The zero-order chi connectivity index (χ0) is 6.97. The Morgan fingerprint density at radius 1 is 1.60 bits per heavy atom. The van der Waals surface area contributed by atoms with Gasteiger partial charge in [-0.1, -0.05) is 0 Å². The number of ether oxygens (including phenoxy) is 1. The van der Waals surface area contributed by atoms with Crippen molar-refractivity contribution in [1.82, 2.24) is 9.97 Å². The van der Waals surface area contributed by atoms with Crippen molar-refractivity contribution < 1.29 is 4.74 Å². The van der Waals surface area contributed by atoms with E-state index >= 15 is 0 Å². The Balaban J connectivity index is 2.70. The van der Waals surface area contributed by atoms with Crippen molar-refractivity contribution in [1.29, 1.82) is 0 Å². The lowest BCUT2D eigenvalue weighted by atomic mass is 10.3. The molecule has 0 amide bonds. The topological polar surface area (TPSA) is 55.0 Å². The second-order valence-electron chi connectivity index (χ2n) is 2.15. The third kappa shape index (κ3) is 0.657. The summed E-state index contributed by atoms with van der Waals surface area (Å²) in [4.78, 5) is 17.4. The normalized spacial score (nSPS) is 15.2. The number of nitrogens with zero attached hydrogens (tertiary/aromatic N) is 1. The van der Waals surface area contributed by atoms with Crippen molar-refractivity contribution >= 4 is 0 Å². The average Bonchev–Trinajstić information content (AvgIpc) is 2.36. The summed E-state index contributed by atoms with van der Waals surface area (Å²) in [6.45, 7) is 0.873. The molecule has 1 aromatic heterocycles. The molecule has 52 valence electrons. The maximum Gasteiger partial charge on any atom is 0.256 e. The molecule has 0 aromatic carbocycles. The largest absolute Gasteiger partial charge is 0.370 e. The van der Waals surface area contributed by atoms with Crippen molar-refractivity contribution in [2.24, 2.45) is 0 Å². The minimum absolute atomic E-state index is 0.0810. The van der Waals surface area contributed by atoms with Crippen LogP contribution in [0.25, 0.3) is 0 Å². The molecule has 0 unspecified atom stereocenters. The van der Waals surface area contributed by atoms with Gasteiger partial charge in [0.2, 0.25) is 0 Å². The van der Waals surface area contributed by atoms with Crippen molar-refractivity contribution in [2.45, 2.75) is 13.2 Å². The molecule has 10 heavy (non-hydrogen) atoms. The van der Waals surface area contributed by atoms with Crippen LogP contribution in [0, 0.1) is 0 Å². The smallest absolute Gasteiger partial charge is 0.256 e. The van der Waals surface area contributed by atoms with Gasteiger partial charge in [-0.25, -0.2) is 4.98 Å². The highest BCUT2D eigenvalue weighted by atomic mass is 16.5. The standard InChI is InChI=1S/C6H6N2O2/c9-6-4-1-10-2-5(4)7-3-8-6/h3H,1-2H2,(H,7,8,9). The molecule has 4 nitrogen and oxygen atoms in total. The molecule has 0 saturated heterocycles. The zero-order valence-electron chi connectivity index (χ0n) is 5.26. The van der Waals surface area contributed by atoms with E-state index in [1.807, 2.05) is 0 Å². The van der Waals surface area contributed by atoms with Crippen LogP contribution in [-0.4, -0.2) is 9.97 Å². The lowest BCUT2D eigenvalue weighted by Crippen LogP contribution is -2.12. The molecule has 1 aliphatic rings. The first kappa shape index (κ1) is 5.61. The van der Waals surface area contributed by atoms with Gasteiger partial charge in [0.25, 0.3) is 5.56 Å². The first-order valence-electron chi connectivity index (χ1n) is 3.01. The minimum Gasteiger partial charge on any atom is -0.370 e. The fourth-order valence-electron chi connectivity index (χ4n) is 0.988. The molecule has 0 fully saturated rings. The fourth-order valence-corrected chi connectivity index (χ4v) is 0.988. The van der Waals surface area contributed by atoms with Crippen LogP contribution in [0.3, 0.4) is 0 Å². The lowest BCUT2D eigenvalue weighted by Gasteiger charge is -1.89. The van der Waals surface area contributed by atoms with Gasteiger partial charge in [-0.15, -0.1) is 0 Å². The van der Waals surface area contributed by atoms with Gasteiger partial charge in [-0.05, 0) is 0 Å². The Kier molecular flexibility index (Phi) is 1.07. The number of aromatic amines is 1. The number of H-pyrrole nitrogens is 1. The second-order valence-corrected chi connectivity index (χ2v) is 2.15. The summed E-state index contributed by atoms with van der Waals surface area (Å²) >= 11 is 0. The maximum atomic E-state index is 10.9. The number of hydrogen-bond acceptors (Lipinski definition) is 3. The van der Waals surface area contributed by atoms with Crippen LogP contribution < -0.4 is 5.56 Å². The Morgan fingerprint density at radius 3 is 3.30 bits per heavy atom. The minimum atomic E-state index is -0.0810. The molecule has 1 N–H and O–H groups in total. The Bertz CT molecular complexity index is 305. The zero-order valence-corrected chi connectivity index (χ0v) is 5.26. The molecule has 2 rings (SSSR count). The van der Waals surface area contributed by atoms with Crippen LogP contribution in [0.5, 0.6) is 0 Å². The van der Waals surface area contributed by atoms with Gasteiger partial charge in [0, 0.05) is 0 Å². The van der Waals surface area contributed by atoms with Crippen LogP contribution >= 0.6 is 0 Å². The molecule has 2 heterocycles. The van der Waals surface area contributed by atoms with E-state index in [1.165, 1.54) is 6.33 Å². The molecule has 0 spiro atoms. The van der Waals surface area contributed by atoms with Gasteiger partial charge in [-0.3, -0.25) is 4.79 Å². The van der Waals surface area contributed by atoms with E-state index < -0.39 is 0 Å². The van der Waals surface area contributed by atoms with Crippen LogP contribution in [0.15, 0.2) is 11.1 Å². The maximum absolute atomic E-state index is 10.9. The highest BCUT2D eigenvalue weighted by molar-refractivity contribution is 5.16. The average molecular weight is 138 g/mol. The molecule has 1 aromatic rings. The van der Waals surface area contributed by atoms with E-state index in [0.717, 1.165) is 5.69 Å². The van der Waals surface area contributed by atoms with Crippen LogP contribution in [0.1, 0.15) is 11.3 Å². The van der Waals surface area contributed by atoms with E-state index in [1.54, 1.807) is 0 Å². The summed E-state index contributed by atoms with van der Waals surface area (Å²) in [5.74, 6) is 0. The predicted molar refractivity (Wildman–Crippen MR) is 33.4 cm³/mol. The first-order valence-corrected chi connectivity index (χ1v) is 3.01. The molecule has 0 aliphatic carbocycles. The Labute approximate surface area is 56.9 Å². The summed E-state index contributed by atoms with van der Waals surface area (Å²) < 4.78 is 5.01. The molecule has 0 bridgehead atoms. The van der Waals surface area contributed by atoms with Crippen molar-refractivity contribution in [3.63, 3.8) is 0 Å². The Hall–Kier alpha value is -1.16. The fraction of sp³-hybridized carbons (Fsp3) is 0.333. The highest BCUT2D eigenvalue weighted by Gasteiger charge is 2.14. The molecule has 0 radical (unpaired) electrons. The Morgan fingerprint density at radius 2 is 2.50 bits per heavy atom. The summed E-state index contributed by atoms with van der Waals surface area (Å²) in [7, 11) is 0. The third-order valence-electron chi connectivity index (χ3n) is 1.52. The lowest BCUT2D eigenvalue weighted by molar-refractivity contribution is 0.133. The first-order chi connectivity index (χ1) is 4.88. The number of aromatic nitrogens is 2. The van der Waals surface area contributed by atoms with E-state index in [2.05, 4.69) is 9.97 Å². The summed E-state index contributed by atoms with van der Waals surface area (Å²) in [5, 5.41) is 0. The predicted octanol–water partition coefficient (Wildman–Crippen LogP) is -0.200. The summed E-state index contributed by atoms with van der Waals surface area (Å²) in [6.07, 6.45) is 1.40. The van der Waals surface area contributed by atoms with E-state index in [0.29, 0.717) is 18.8 Å². The van der Waals surface area contributed by atoms with Crippen molar-refractivity contribution in [3.05, 3.63) is 27.9 Å². The van der Waals surface area contributed by atoms with Crippen LogP contribution in [0.2, 0.25) is 0 Å². The van der Waals surface area contributed by atoms with Crippen LogP contribution in [0.4, 0.5) is 0 Å². The van der Waals surface area contributed by atoms with E-state index in [4.69, 9.17) is 4.74 Å². The molecule has 4 heteroatoms. The highest BCUT2D eigenvalue weighted by Crippen LogP contribution is 2.10. The SMILES string of the molecule is O=c1[nH]cnc2c1COC2. The second kappa shape index (κ2) is 1.91. The van der Waals surface area contributed by atoms with Gasteiger partial charge in [0.05, 0.1) is 30.8 Å². The quantitative estimate of drug-likeness (QED) is 0.540. The van der Waals surface area contributed by atoms with E-state index in [9.17, 15) is 4.79 Å². The molecule has 0 saturated carbocycles. The number of hydrogen-bond donors (Lipinski definition) is 1. The summed E-state index contributed by atoms with van der Waals surface area (Å²) in [6, 6.07) is 0. The van der Waals surface area contributed by atoms with Gasteiger partial charge in [0.15, 0.2) is 0 Å². The van der Waals surface area contributed by atoms with Gasteiger partial charge in [-0.2, -0.15) is 0 Å². The van der Waals surface area contributed by atoms with Gasteiger partial charge >= 0.3 is 0 Å². The van der Waals surface area contributed by atoms with Crippen LogP contribution in [-0.2, 0) is 18.0 Å². The molecular weight excluding hydrogens is 132 g/mol. The number of fused-ring (bicyclic) bond motifs is 1. The molecule has 1 aliphatic heterocycles. The summed E-state index contributed by atoms with van der Waals surface area (Å²) in [5.41, 5.74) is 1.36. The molecule has 0 atom stereocenters. The third-order valence-corrected chi connectivity index (χ3v) is 1.52. The number of nitrogens with one attached hydrogen (secondary N) is 1. The number of rotatable bonds is 0. The van der Waals surface area contributed by atoms with Crippen molar-refractivity contribution in [2.75, 3.05) is 0 Å². The van der Waals surface area contributed by atoms with Gasteiger partial charge in [0.1, 0.15) is 0 Å². The van der Waals surface area contributed by atoms with Gasteiger partial charge < -0.3 is 9.72 Å². The van der Waals surface area contributed by atoms with Crippen molar-refractivity contribution in [3.8, 4) is 0 Å². The molecular formula is C6H6N2O2. The monoisotopic (exact) mass is 138 g/mol.